The van der Waals surface area contributed by atoms with Gasteiger partial charge in [-0.25, -0.2) is 0 Å². The third-order valence-corrected chi connectivity index (χ3v) is 6.53. The van der Waals surface area contributed by atoms with Gasteiger partial charge in [-0.1, -0.05) is 0 Å². The van der Waals surface area contributed by atoms with Crippen molar-refractivity contribution in [3.8, 4) is 0 Å². The molecule has 0 aliphatic rings. The van der Waals surface area contributed by atoms with Gasteiger partial charge in [-0.2, -0.15) is 0 Å². The first-order valence-corrected chi connectivity index (χ1v) is 7.97. The monoisotopic (exact) mass is 192 g/mol. The summed E-state index contributed by atoms with van der Waals surface area (Å²) in [7, 11) is -1.77. The van der Waals surface area contributed by atoms with Gasteiger partial charge in [-0.05, 0) is 0 Å². The van der Waals surface area contributed by atoms with E-state index < -0.39 is 7.49 Å². The normalized spacial score (nSPS) is 13.3. The molecular formula is C10H25OP. The molecular weight excluding hydrogens is 167 g/mol. The fourth-order valence-corrected chi connectivity index (χ4v) is 4.47. The zero-order valence-electron chi connectivity index (χ0n) is 8.90. The van der Waals surface area contributed by atoms with Crippen molar-refractivity contribution < 1.29 is 4.89 Å². The van der Waals surface area contributed by atoms with E-state index in [4.69, 9.17) is 0 Å². The summed E-state index contributed by atoms with van der Waals surface area (Å²) in [6.45, 7) is 6.55. The van der Waals surface area contributed by atoms with Gasteiger partial charge in [0.15, 0.2) is 0 Å². The van der Waals surface area contributed by atoms with Gasteiger partial charge in [0.05, 0.1) is 0 Å². The van der Waals surface area contributed by atoms with Crippen molar-refractivity contribution in [3.05, 3.63) is 0 Å². The molecule has 76 valence electrons. The summed E-state index contributed by atoms with van der Waals surface area (Å²) >= 11 is 0. The second kappa shape index (κ2) is 6.86. The van der Waals surface area contributed by atoms with Crippen LogP contribution in [-0.4, -0.2) is 23.4 Å². The third-order valence-electron chi connectivity index (χ3n) is 2.65. The quantitative estimate of drug-likeness (QED) is 0.614. The molecule has 12 heavy (non-hydrogen) atoms. The molecule has 0 saturated heterocycles. The van der Waals surface area contributed by atoms with Gasteiger partial charge in [0.1, 0.15) is 0 Å². The van der Waals surface area contributed by atoms with Crippen LogP contribution in [0.4, 0.5) is 0 Å². The fourth-order valence-electron chi connectivity index (χ4n) is 1.49. The zero-order valence-corrected chi connectivity index (χ0v) is 9.90. The summed E-state index contributed by atoms with van der Waals surface area (Å²) in [5.41, 5.74) is 0. The van der Waals surface area contributed by atoms with E-state index in [-0.39, 0.29) is 0 Å². The molecule has 0 spiro atoms. The van der Waals surface area contributed by atoms with Crippen molar-refractivity contribution in [3.63, 3.8) is 0 Å². The van der Waals surface area contributed by atoms with E-state index in [2.05, 4.69) is 20.8 Å². The molecule has 0 unspecified atom stereocenters. The molecule has 0 amide bonds. The minimum absolute atomic E-state index is 1.05. The van der Waals surface area contributed by atoms with Crippen molar-refractivity contribution in [2.45, 2.75) is 46.5 Å². The third kappa shape index (κ3) is 5.11. The molecule has 0 aromatic carbocycles. The fraction of sp³-hybridized carbons (Fsp3) is 1.00. The molecule has 0 rings (SSSR count). The van der Waals surface area contributed by atoms with Crippen LogP contribution in [0.5, 0.6) is 0 Å². The van der Waals surface area contributed by atoms with Crippen molar-refractivity contribution >= 4 is 7.49 Å². The van der Waals surface area contributed by atoms with Crippen molar-refractivity contribution in [2.24, 2.45) is 0 Å². The Labute approximate surface area is 78.0 Å². The van der Waals surface area contributed by atoms with Gasteiger partial charge in [0.25, 0.3) is 0 Å². The maximum atomic E-state index is 10.2. The first kappa shape index (κ1) is 12.4. The summed E-state index contributed by atoms with van der Waals surface area (Å²) < 4.78 is 0. The first-order chi connectivity index (χ1) is 5.68. The van der Waals surface area contributed by atoms with Crippen LogP contribution in [0.1, 0.15) is 46.5 Å². The summed E-state index contributed by atoms with van der Waals surface area (Å²) in [6.07, 6.45) is 8.19. The Kier molecular flexibility index (Phi) is 7.08. The number of hydrogen-bond donors (Lipinski definition) is 1. The molecule has 0 bridgehead atoms. The van der Waals surface area contributed by atoms with Crippen LogP contribution in [0.15, 0.2) is 0 Å². The molecule has 0 aliphatic carbocycles. The van der Waals surface area contributed by atoms with E-state index in [9.17, 15) is 4.89 Å². The van der Waals surface area contributed by atoms with Crippen LogP contribution >= 0.6 is 7.49 Å². The van der Waals surface area contributed by atoms with Gasteiger partial charge < -0.3 is 0 Å². The Morgan fingerprint density at radius 2 is 1.33 bits per heavy atom. The molecule has 0 atom stereocenters. The average Bonchev–Trinajstić information content (AvgIpc) is 2.11. The Morgan fingerprint density at radius 3 is 1.58 bits per heavy atom. The van der Waals surface area contributed by atoms with E-state index in [1.54, 1.807) is 0 Å². The van der Waals surface area contributed by atoms with Crippen LogP contribution in [0.25, 0.3) is 0 Å². The molecule has 2 heteroatoms. The second-order valence-corrected chi connectivity index (χ2v) is 7.94. The topological polar surface area (TPSA) is 20.2 Å². The molecule has 1 N–H and O–H groups in total. The molecule has 0 aromatic rings. The van der Waals surface area contributed by atoms with Crippen LogP contribution in [0.2, 0.25) is 0 Å². The van der Waals surface area contributed by atoms with E-state index >= 15 is 0 Å². The minimum atomic E-state index is -1.77. The first-order valence-electron chi connectivity index (χ1n) is 5.41. The van der Waals surface area contributed by atoms with E-state index in [0.29, 0.717) is 0 Å². The molecule has 1 nitrogen and oxygen atoms in total. The SMILES string of the molecule is CCCC[PH](O)(CC)CCCC. The maximum absolute atomic E-state index is 10.2. The predicted molar refractivity (Wildman–Crippen MR) is 60.6 cm³/mol. The number of hydrogen-bond acceptors (Lipinski definition) is 1. The van der Waals surface area contributed by atoms with Crippen LogP contribution in [0.3, 0.4) is 0 Å². The van der Waals surface area contributed by atoms with Gasteiger partial charge in [0.2, 0.25) is 0 Å². The van der Waals surface area contributed by atoms with Crippen molar-refractivity contribution in [1.29, 1.82) is 0 Å². The Balaban J connectivity index is 3.70. The molecule has 0 fully saturated rings. The summed E-state index contributed by atoms with van der Waals surface area (Å²) in [5.74, 6) is 0. The van der Waals surface area contributed by atoms with E-state index in [1.165, 1.54) is 25.7 Å². The summed E-state index contributed by atoms with van der Waals surface area (Å²) in [6, 6.07) is 0. The van der Waals surface area contributed by atoms with Crippen LogP contribution in [-0.2, 0) is 0 Å². The average molecular weight is 192 g/mol. The summed E-state index contributed by atoms with van der Waals surface area (Å²) in [5, 5.41) is 0. The molecule has 0 aliphatic heterocycles. The predicted octanol–water partition coefficient (Wildman–Crippen LogP) is 3.26. The van der Waals surface area contributed by atoms with Gasteiger partial charge in [-0.15, -0.1) is 0 Å². The number of unbranched alkanes of at least 4 members (excludes halogenated alkanes) is 2. The van der Waals surface area contributed by atoms with Gasteiger partial charge >= 0.3 is 77.3 Å². The standard InChI is InChI=1S/C10H25OP/c1-4-7-9-12(11,6-3)10-8-5-2/h11-12H,4-10H2,1-3H3. The molecule has 0 saturated carbocycles. The number of rotatable bonds is 7. The Bertz CT molecular complexity index is 96.0. The van der Waals surface area contributed by atoms with Crippen molar-refractivity contribution in [2.75, 3.05) is 18.5 Å². The Morgan fingerprint density at radius 1 is 0.917 bits per heavy atom. The van der Waals surface area contributed by atoms with E-state index in [0.717, 1.165) is 18.5 Å². The van der Waals surface area contributed by atoms with Gasteiger partial charge in [0, 0.05) is 0 Å². The molecule has 0 radical (unpaired) electrons. The summed E-state index contributed by atoms with van der Waals surface area (Å²) in [4.78, 5) is 10.2. The second-order valence-electron chi connectivity index (χ2n) is 3.79. The van der Waals surface area contributed by atoms with Crippen molar-refractivity contribution in [1.82, 2.24) is 0 Å². The van der Waals surface area contributed by atoms with E-state index in [1.807, 2.05) is 0 Å². The Hall–Kier alpha value is 0.390. The molecule has 0 aromatic heterocycles. The van der Waals surface area contributed by atoms with Gasteiger partial charge in [-0.3, -0.25) is 0 Å². The van der Waals surface area contributed by atoms with Crippen LogP contribution < -0.4 is 0 Å². The zero-order chi connectivity index (χ0) is 9.45. The van der Waals surface area contributed by atoms with Crippen LogP contribution in [0, 0.1) is 0 Å². The molecule has 0 heterocycles.